The van der Waals surface area contributed by atoms with Crippen LogP contribution in [0.1, 0.15) is 21.5 Å². The normalized spacial score (nSPS) is 10.8. The van der Waals surface area contributed by atoms with Gasteiger partial charge in [-0.3, -0.25) is 4.79 Å². The maximum Gasteiger partial charge on any atom is 0.188 e. The van der Waals surface area contributed by atoms with Gasteiger partial charge in [0.2, 0.25) is 0 Å². The van der Waals surface area contributed by atoms with Crippen LogP contribution in [0.15, 0.2) is 30.9 Å². The van der Waals surface area contributed by atoms with Gasteiger partial charge in [0.05, 0.1) is 25.1 Å². The molecule has 6 nitrogen and oxygen atoms in total. The minimum atomic E-state index is -0.544. The molecule has 3 aromatic rings. The lowest BCUT2D eigenvalue weighted by molar-refractivity contribution is -0.377. The van der Waals surface area contributed by atoms with Crippen molar-refractivity contribution in [3.05, 3.63) is 58.4 Å². The number of aromatic amines is 1. The summed E-state index contributed by atoms with van der Waals surface area (Å²) in [5, 5.41) is 9.25. The van der Waals surface area contributed by atoms with Gasteiger partial charge in [0.25, 0.3) is 0 Å². The van der Waals surface area contributed by atoms with Gasteiger partial charge in [-0.05, 0) is 11.6 Å². The number of rotatable bonds is 7. The summed E-state index contributed by atoms with van der Waals surface area (Å²) in [5.74, 6) is -0.911. The number of ketones is 1. The Morgan fingerprint density at radius 3 is 2.96 bits per heavy atom. The van der Waals surface area contributed by atoms with Crippen LogP contribution >= 0.6 is 11.6 Å². The Hall–Kier alpha value is -1.87. The maximum atomic E-state index is 15.1. The highest BCUT2D eigenvalue weighted by Crippen LogP contribution is 2.28. The minimum Gasteiger partial charge on any atom is -1.00 e. The van der Waals surface area contributed by atoms with E-state index in [0.717, 1.165) is 0 Å². The molecule has 0 aliphatic carbocycles. The van der Waals surface area contributed by atoms with Crippen LogP contribution in [0.25, 0.3) is 11.0 Å². The number of Topliss-reactive ketones (excluding diaryl/α,β-unsaturated/α-hetero) is 1. The van der Waals surface area contributed by atoms with E-state index in [4.69, 9.17) is 21.4 Å². The number of ether oxygens (including phenoxy) is 1. The summed E-state index contributed by atoms with van der Waals surface area (Å²) in [6.07, 6.45) is 4.93. The minimum absolute atomic E-state index is 0. The van der Waals surface area contributed by atoms with Crippen LogP contribution in [0.4, 0.5) is 4.39 Å². The number of aliphatic hydroxyl groups excluding tert-OH is 1. The fraction of sp³-hybridized carbons (Fsp3) is 0.278. The highest BCUT2D eigenvalue weighted by atomic mass is 79.9. The van der Waals surface area contributed by atoms with Crippen molar-refractivity contribution in [1.82, 2.24) is 9.55 Å². The van der Waals surface area contributed by atoms with Gasteiger partial charge < -0.3 is 31.4 Å². The summed E-state index contributed by atoms with van der Waals surface area (Å²) < 4.78 is 21.9. The Bertz CT molecular complexity index is 964. The smallest absolute Gasteiger partial charge is 0.188 e. The van der Waals surface area contributed by atoms with Crippen molar-refractivity contribution < 1.29 is 41.0 Å². The van der Waals surface area contributed by atoms with Crippen LogP contribution in [-0.2, 0) is 18.2 Å². The van der Waals surface area contributed by atoms with Gasteiger partial charge >= 0.3 is 0 Å². The van der Waals surface area contributed by atoms with Crippen LogP contribution in [0.5, 0.6) is 0 Å². The molecule has 0 spiro atoms. The second-order valence-electron chi connectivity index (χ2n) is 5.83. The van der Waals surface area contributed by atoms with Gasteiger partial charge in [0.1, 0.15) is 17.1 Å². The Kier molecular flexibility index (Phi) is 7.43. The molecule has 0 aliphatic rings. The number of imidazole rings is 1. The van der Waals surface area contributed by atoms with Gasteiger partial charge in [0.15, 0.2) is 24.0 Å². The zero-order valence-electron chi connectivity index (χ0n) is 14.5. The van der Waals surface area contributed by atoms with Crippen LogP contribution in [-0.4, -0.2) is 40.3 Å². The topological polar surface area (TPSA) is 78.5 Å². The van der Waals surface area contributed by atoms with E-state index in [0.29, 0.717) is 16.1 Å². The molecule has 0 saturated heterocycles. The number of hydrogen-bond donors (Lipinski definition) is 1. The summed E-state index contributed by atoms with van der Waals surface area (Å²) in [5.41, 5.74) is 1.85. The lowest BCUT2D eigenvalue weighted by atomic mass is 9.96. The van der Waals surface area contributed by atoms with E-state index in [1.54, 1.807) is 36.1 Å². The highest BCUT2D eigenvalue weighted by molar-refractivity contribution is 6.31. The predicted molar refractivity (Wildman–Crippen MR) is 93.7 cm³/mol. The number of aliphatic hydroxyl groups is 1. The second-order valence-corrected chi connectivity index (χ2v) is 6.24. The van der Waals surface area contributed by atoms with E-state index >= 15 is 4.39 Å². The Balaban J connectivity index is 0.00000261. The van der Waals surface area contributed by atoms with Crippen molar-refractivity contribution in [1.29, 1.82) is 0 Å². The fourth-order valence-electron chi connectivity index (χ4n) is 2.77. The van der Waals surface area contributed by atoms with Crippen molar-refractivity contribution in [2.75, 3.05) is 19.8 Å². The Labute approximate surface area is 170 Å². The molecule has 0 aliphatic heterocycles. The number of aromatic nitrogens is 3. The molecule has 144 valence electrons. The standard InChI is InChI=1S/C18H17ClFN3O3.BrH/c1-23-10-22-18-15(23)7-12(16(25)9-26-5-4-24)13(17(18)20)6-11-2-3-21-8-14(11)19;/h2-3,7-8,10,24H,4-6,9H2,1H3;1H. The SMILES string of the molecule is Cn1cnc2c(F)c(Cc3cc[nH+]cc3Cl)c(C(=O)COCCO)cc21.[Br-]. The van der Waals surface area contributed by atoms with Gasteiger partial charge in [-0.1, -0.05) is 11.6 Å². The molecule has 0 radical (unpaired) electrons. The highest BCUT2D eigenvalue weighted by Gasteiger charge is 2.22. The summed E-state index contributed by atoms with van der Waals surface area (Å²) in [4.78, 5) is 19.5. The van der Waals surface area contributed by atoms with Crippen LogP contribution in [0.2, 0.25) is 5.02 Å². The third-order valence-electron chi connectivity index (χ3n) is 4.10. The number of aryl methyl sites for hydroxylation is 1. The number of carbonyl (C=O) groups is 1. The second kappa shape index (κ2) is 9.36. The maximum absolute atomic E-state index is 15.1. The van der Waals surface area contributed by atoms with E-state index in [1.165, 1.54) is 6.33 Å². The molecule has 1 aromatic carbocycles. The van der Waals surface area contributed by atoms with E-state index in [-0.39, 0.29) is 65.6 Å². The molecular formula is C18H18BrClFN3O3. The monoisotopic (exact) mass is 457 g/mol. The Morgan fingerprint density at radius 2 is 2.26 bits per heavy atom. The lowest BCUT2D eigenvalue weighted by Crippen LogP contribution is -3.00. The molecule has 0 unspecified atom stereocenters. The van der Waals surface area contributed by atoms with Gasteiger partial charge in [0, 0.05) is 30.7 Å². The zero-order valence-corrected chi connectivity index (χ0v) is 16.8. The summed E-state index contributed by atoms with van der Waals surface area (Å²) in [6, 6.07) is 3.36. The number of H-pyrrole nitrogens is 1. The van der Waals surface area contributed by atoms with Crippen LogP contribution in [0, 0.1) is 5.82 Å². The van der Waals surface area contributed by atoms with E-state index in [9.17, 15) is 4.79 Å². The summed E-state index contributed by atoms with van der Waals surface area (Å²) in [6.45, 7) is -0.393. The molecule has 3 rings (SSSR count). The number of carbonyl (C=O) groups excluding carboxylic acids is 1. The molecule has 2 aromatic heterocycles. The molecule has 0 atom stereocenters. The van der Waals surface area contributed by atoms with Gasteiger partial charge in [-0.2, -0.15) is 0 Å². The number of pyridine rings is 1. The fourth-order valence-corrected chi connectivity index (χ4v) is 2.96. The van der Waals surface area contributed by atoms with E-state index < -0.39 is 5.82 Å². The van der Waals surface area contributed by atoms with Crippen molar-refractivity contribution >= 4 is 28.4 Å². The number of halogens is 3. The third-order valence-corrected chi connectivity index (χ3v) is 4.45. The molecule has 0 saturated carbocycles. The third kappa shape index (κ3) is 4.52. The molecule has 9 heteroatoms. The average molecular weight is 459 g/mol. The molecule has 2 heterocycles. The summed E-state index contributed by atoms with van der Waals surface area (Å²) >= 11 is 6.17. The molecule has 27 heavy (non-hydrogen) atoms. The lowest BCUT2D eigenvalue weighted by Gasteiger charge is -2.12. The predicted octanol–water partition coefficient (Wildman–Crippen LogP) is -1.03. The first kappa shape index (κ1) is 21.4. The van der Waals surface area contributed by atoms with Gasteiger partial charge in [-0.25, -0.2) is 14.4 Å². The van der Waals surface area contributed by atoms with E-state index in [1.807, 2.05) is 0 Å². The number of benzene rings is 1. The van der Waals surface area contributed by atoms with Crippen molar-refractivity contribution in [3.63, 3.8) is 0 Å². The van der Waals surface area contributed by atoms with Crippen molar-refractivity contribution in [3.8, 4) is 0 Å². The van der Waals surface area contributed by atoms with Crippen LogP contribution < -0.4 is 22.0 Å². The number of nitrogens with zero attached hydrogens (tertiary/aromatic N) is 2. The first-order chi connectivity index (χ1) is 12.5. The molecule has 2 N–H and O–H groups in total. The average Bonchev–Trinajstić information content (AvgIpc) is 3.00. The molecular weight excluding hydrogens is 441 g/mol. The molecule has 0 amide bonds. The number of nitrogens with one attached hydrogen (secondary N) is 1. The number of fused-ring (bicyclic) bond motifs is 1. The van der Waals surface area contributed by atoms with E-state index in [2.05, 4.69) is 9.97 Å². The van der Waals surface area contributed by atoms with Crippen molar-refractivity contribution in [2.24, 2.45) is 7.05 Å². The zero-order chi connectivity index (χ0) is 18.7. The Morgan fingerprint density at radius 1 is 1.48 bits per heavy atom. The van der Waals surface area contributed by atoms with Gasteiger partial charge in [-0.15, -0.1) is 0 Å². The molecule has 0 fully saturated rings. The van der Waals surface area contributed by atoms with Crippen LogP contribution in [0.3, 0.4) is 0 Å². The number of hydrogen-bond acceptors (Lipinski definition) is 4. The quantitative estimate of drug-likeness (QED) is 0.363. The largest absolute Gasteiger partial charge is 1.00 e. The first-order valence-electron chi connectivity index (χ1n) is 8.01. The molecule has 0 bridgehead atoms. The summed E-state index contributed by atoms with van der Waals surface area (Å²) in [7, 11) is 1.73. The first-order valence-corrected chi connectivity index (χ1v) is 8.39. The van der Waals surface area contributed by atoms with Crippen molar-refractivity contribution in [2.45, 2.75) is 6.42 Å².